The fraction of sp³-hybridized carbons (Fsp3) is 0.421. The first-order valence-electron chi connectivity index (χ1n) is 8.72. The van der Waals surface area contributed by atoms with Gasteiger partial charge in [0, 0.05) is 24.6 Å². The number of nitrogens with zero attached hydrogens (tertiary/aromatic N) is 4. The van der Waals surface area contributed by atoms with E-state index in [0.717, 1.165) is 50.0 Å². The normalized spacial score (nSPS) is 23.6. The maximum atomic E-state index is 12.7. The molecule has 2 aliphatic rings. The number of amides is 1. The number of benzene rings is 1. The number of aromatic nitrogens is 3. The Kier molecular flexibility index (Phi) is 4.15. The quantitative estimate of drug-likeness (QED) is 0.816. The van der Waals surface area contributed by atoms with Crippen molar-refractivity contribution in [1.82, 2.24) is 19.9 Å². The first-order chi connectivity index (χ1) is 11.8. The molecule has 4 rings (SSSR count). The van der Waals surface area contributed by atoms with E-state index in [1.807, 2.05) is 46.1 Å². The highest BCUT2D eigenvalue weighted by atomic mass is 16.2. The monoisotopic (exact) mass is 322 g/mol. The second-order valence-electron chi connectivity index (χ2n) is 6.66. The van der Waals surface area contributed by atoms with E-state index in [-0.39, 0.29) is 12.0 Å². The fourth-order valence-corrected chi connectivity index (χ4v) is 3.63. The van der Waals surface area contributed by atoms with E-state index in [9.17, 15) is 4.79 Å². The highest BCUT2D eigenvalue weighted by molar-refractivity contribution is 5.79. The summed E-state index contributed by atoms with van der Waals surface area (Å²) in [5.41, 5.74) is 1.96. The van der Waals surface area contributed by atoms with E-state index in [2.05, 4.69) is 22.5 Å². The van der Waals surface area contributed by atoms with Crippen LogP contribution in [0.15, 0.2) is 48.7 Å². The van der Waals surface area contributed by atoms with Gasteiger partial charge in [0.15, 0.2) is 0 Å². The molecule has 1 aromatic heterocycles. The van der Waals surface area contributed by atoms with Crippen LogP contribution in [0.3, 0.4) is 0 Å². The third kappa shape index (κ3) is 2.98. The van der Waals surface area contributed by atoms with Gasteiger partial charge in [0.1, 0.15) is 5.69 Å². The molecule has 1 aromatic carbocycles. The Bertz CT molecular complexity index is 737. The molecule has 1 aliphatic carbocycles. The van der Waals surface area contributed by atoms with Crippen molar-refractivity contribution in [2.45, 2.75) is 31.7 Å². The molecule has 0 saturated carbocycles. The third-order valence-electron chi connectivity index (χ3n) is 5.05. The van der Waals surface area contributed by atoms with Gasteiger partial charge in [-0.05, 0) is 25.7 Å². The molecule has 1 amide bonds. The molecule has 5 nitrogen and oxygen atoms in total. The molecule has 0 radical (unpaired) electrons. The number of allylic oxidation sites excluding steroid dienone is 2. The van der Waals surface area contributed by atoms with Crippen LogP contribution in [0.1, 0.15) is 31.7 Å². The van der Waals surface area contributed by atoms with Crippen LogP contribution in [-0.4, -0.2) is 38.9 Å². The predicted octanol–water partition coefficient (Wildman–Crippen LogP) is 3.07. The lowest BCUT2D eigenvalue weighted by Gasteiger charge is -2.24. The Balaban J connectivity index is 1.43. The molecule has 0 bridgehead atoms. The van der Waals surface area contributed by atoms with Gasteiger partial charge in [-0.1, -0.05) is 47.7 Å². The SMILES string of the molecule is O=C([C@@H]1CC=CCC1)N1CC[C@@H](n2cc(-c3ccccc3)nn2)C1. The van der Waals surface area contributed by atoms with Crippen molar-refractivity contribution >= 4 is 5.91 Å². The van der Waals surface area contributed by atoms with Crippen molar-refractivity contribution in [1.29, 1.82) is 0 Å². The predicted molar refractivity (Wildman–Crippen MR) is 92.2 cm³/mol. The number of hydrogen-bond donors (Lipinski definition) is 0. The minimum absolute atomic E-state index is 0.171. The van der Waals surface area contributed by atoms with E-state index in [1.54, 1.807) is 0 Å². The Morgan fingerprint density at radius 2 is 2.00 bits per heavy atom. The number of rotatable bonds is 3. The van der Waals surface area contributed by atoms with Crippen molar-refractivity contribution in [3.05, 3.63) is 48.7 Å². The maximum absolute atomic E-state index is 12.7. The molecule has 1 saturated heterocycles. The molecule has 0 N–H and O–H groups in total. The van der Waals surface area contributed by atoms with Crippen LogP contribution in [-0.2, 0) is 4.79 Å². The number of carbonyl (C=O) groups excluding carboxylic acids is 1. The third-order valence-corrected chi connectivity index (χ3v) is 5.05. The highest BCUT2D eigenvalue weighted by Gasteiger charge is 2.32. The van der Waals surface area contributed by atoms with Gasteiger partial charge in [-0.3, -0.25) is 4.79 Å². The highest BCUT2D eigenvalue weighted by Crippen LogP contribution is 2.27. The average Bonchev–Trinajstić information content (AvgIpc) is 3.32. The first-order valence-corrected chi connectivity index (χ1v) is 8.72. The Morgan fingerprint density at radius 3 is 2.79 bits per heavy atom. The molecule has 2 atom stereocenters. The van der Waals surface area contributed by atoms with Crippen LogP contribution in [0.2, 0.25) is 0 Å². The zero-order valence-electron chi connectivity index (χ0n) is 13.7. The van der Waals surface area contributed by atoms with Crippen molar-refractivity contribution in [2.75, 3.05) is 13.1 Å². The molecule has 1 aliphatic heterocycles. The number of carbonyl (C=O) groups is 1. The summed E-state index contributed by atoms with van der Waals surface area (Å²) in [6, 6.07) is 10.3. The average molecular weight is 322 g/mol. The molecule has 0 spiro atoms. The summed E-state index contributed by atoms with van der Waals surface area (Å²) in [4.78, 5) is 14.7. The molecule has 24 heavy (non-hydrogen) atoms. The topological polar surface area (TPSA) is 51.0 Å². The smallest absolute Gasteiger partial charge is 0.226 e. The summed E-state index contributed by atoms with van der Waals surface area (Å²) < 4.78 is 1.93. The minimum Gasteiger partial charge on any atom is -0.340 e. The van der Waals surface area contributed by atoms with Crippen LogP contribution in [0.25, 0.3) is 11.3 Å². The van der Waals surface area contributed by atoms with Gasteiger partial charge in [0.05, 0.1) is 12.2 Å². The first kappa shape index (κ1) is 15.1. The van der Waals surface area contributed by atoms with E-state index in [0.29, 0.717) is 5.91 Å². The number of hydrogen-bond acceptors (Lipinski definition) is 3. The zero-order valence-corrected chi connectivity index (χ0v) is 13.7. The van der Waals surface area contributed by atoms with Gasteiger partial charge < -0.3 is 4.90 Å². The summed E-state index contributed by atoms with van der Waals surface area (Å²) in [5.74, 6) is 0.481. The largest absolute Gasteiger partial charge is 0.340 e. The van der Waals surface area contributed by atoms with Crippen LogP contribution < -0.4 is 0 Å². The van der Waals surface area contributed by atoms with Crippen LogP contribution >= 0.6 is 0 Å². The Hall–Kier alpha value is -2.43. The van der Waals surface area contributed by atoms with Crippen LogP contribution in [0.5, 0.6) is 0 Å². The fourth-order valence-electron chi connectivity index (χ4n) is 3.63. The van der Waals surface area contributed by atoms with Gasteiger partial charge in [0.25, 0.3) is 0 Å². The van der Waals surface area contributed by atoms with Gasteiger partial charge in [0.2, 0.25) is 5.91 Å². The second-order valence-corrected chi connectivity index (χ2v) is 6.66. The van der Waals surface area contributed by atoms with Crippen LogP contribution in [0, 0.1) is 5.92 Å². The standard InChI is InChI=1S/C19H22N4O/c24-19(16-9-5-2-6-10-16)22-12-11-17(13-22)23-14-18(20-21-23)15-7-3-1-4-8-15/h1-5,7-8,14,16-17H,6,9-13H2/t16-,17-/m1/s1. The Morgan fingerprint density at radius 1 is 1.12 bits per heavy atom. The molecule has 1 fully saturated rings. The Labute approximate surface area is 142 Å². The summed E-state index contributed by atoms with van der Waals surface area (Å²) in [6.07, 6.45) is 10.2. The molecular formula is C19H22N4O. The van der Waals surface area contributed by atoms with E-state index in [1.165, 1.54) is 0 Å². The summed E-state index contributed by atoms with van der Waals surface area (Å²) in [5, 5.41) is 8.59. The van der Waals surface area contributed by atoms with Gasteiger partial charge in [-0.15, -0.1) is 5.10 Å². The summed E-state index contributed by atoms with van der Waals surface area (Å²) in [6.45, 7) is 1.57. The lowest BCUT2D eigenvalue weighted by Crippen LogP contribution is -2.35. The van der Waals surface area contributed by atoms with Crippen molar-refractivity contribution in [3.8, 4) is 11.3 Å². The summed E-state index contributed by atoms with van der Waals surface area (Å²) >= 11 is 0. The lowest BCUT2D eigenvalue weighted by molar-refractivity contribution is -0.134. The molecular weight excluding hydrogens is 300 g/mol. The lowest BCUT2D eigenvalue weighted by atomic mass is 9.93. The van der Waals surface area contributed by atoms with Gasteiger partial charge in [-0.25, -0.2) is 4.68 Å². The molecule has 5 heteroatoms. The van der Waals surface area contributed by atoms with Gasteiger partial charge in [-0.2, -0.15) is 0 Å². The molecule has 2 heterocycles. The van der Waals surface area contributed by atoms with Crippen LogP contribution in [0.4, 0.5) is 0 Å². The molecule has 0 unspecified atom stereocenters. The van der Waals surface area contributed by atoms with Crippen molar-refractivity contribution in [2.24, 2.45) is 5.92 Å². The zero-order chi connectivity index (χ0) is 16.4. The van der Waals surface area contributed by atoms with Crippen molar-refractivity contribution in [3.63, 3.8) is 0 Å². The van der Waals surface area contributed by atoms with Crippen molar-refractivity contribution < 1.29 is 4.79 Å². The molecule has 124 valence electrons. The second kappa shape index (κ2) is 6.59. The number of likely N-dealkylation sites (tertiary alicyclic amines) is 1. The van der Waals surface area contributed by atoms with Gasteiger partial charge >= 0.3 is 0 Å². The summed E-state index contributed by atoms with van der Waals surface area (Å²) in [7, 11) is 0. The van der Waals surface area contributed by atoms with E-state index >= 15 is 0 Å². The molecule has 2 aromatic rings. The minimum atomic E-state index is 0.171. The van der Waals surface area contributed by atoms with E-state index in [4.69, 9.17) is 0 Å². The maximum Gasteiger partial charge on any atom is 0.226 e. The van der Waals surface area contributed by atoms with E-state index < -0.39 is 0 Å².